The Balaban J connectivity index is 3.17. The number of amidine groups is 1. The molecule has 0 aromatic carbocycles. The largest absolute Gasteiger partial charge is 0.449 e. The van der Waals surface area contributed by atoms with Gasteiger partial charge in [-0.15, -0.1) is 0 Å². The summed E-state index contributed by atoms with van der Waals surface area (Å²) in [5.74, 6) is -2.31. The van der Waals surface area contributed by atoms with Gasteiger partial charge in [0.25, 0.3) is 0 Å². The molecule has 1 aromatic heterocycles. The monoisotopic (exact) mass is 193 g/mol. The van der Waals surface area contributed by atoms with Gasteiger partial charge < -0.3 is 15.9 Å². The molecule has 0 aliphatic carbocycles. The molecule has 0 radical (unpaired) electrons. The van der Waals surface area contributed by atoms with Crippen molar-refractivity contribution in [1.29, 1.82) is 5.41 Å². The fourth-order valence-corrected chi connectivity index (χ4v) is 0.755. The van der Waals surface area contributed by atoms with Crippen molar-refractivity contribution in [3.8, 4) is 0 Å². The number of anilines is 1. The van der Waals surface area contributed by atoms with Crippen molar-refractivity contribution in [1.82, 2.24) is 0 Å². The molecule has 1 aromatic rings. The second kappa shape index (κ2) is 2.68. The molecule has 0 aliphatic rings. The minimum absolute atomic E-state index is 0.243. The van der Waals surface area contributed by atoms with E-state index in [9.17, 15) is 13.2 Å². The minimum Gasteiger partial charge on any atom is -0.436 e. The highest BCUT2D eigenvalue weighted by Crippen LogP contribution is 2.33. The van der Waals surface area contributed by atoms with Gasteiger partial charge >= 0.3 is 6.18 Å². The van der Waals surface area contributed by atoms with Crippen molar-refractivity contribution in [2.75, 3.05) is 5.73 Å². The SMILES string of the molecule is N=C(N)c1cc(C(F)(F)F)oc1N. The van der Waals surface area contributed by atoms with E-state index in [1.54, 1.807) is 0 Å². The van der Waals surface area contributed by atoms with E-state index in [4.69, 9.17) is 16.9 Å². The number of rotatable bonds is 1. The Hall–Kier alpha value is -1.66. The van der Waals surface area contributed by atoms with Crippen LogP contribution in [0.2, 0.25) is 0 Å². The van der Waals surface area contributed by atoms with Gasteiger partial charge in [0.05, 0.1) is 5.56 Å². The van der Waals surface area contributed by atoms with Gasteiger partial charge in [0, 0.05) is 6.07 Å². The van der Waals surface area contributed by atoms with Gasteiger partial charge in [0.1, 0.15) is 5.84 Å². The van der Waals surface area contributed by atoms with Gasteiger partial charge in [-0.05, 0) is 0 Å². The van der Waals surface area contributed by atoms with E-state index in [1.165, 1.54) is 0 Å². The number of nitrogens with two attached hydrogens (primary N) is 2. The van der Waals surface area contributed by atoms with Gasteiger partial charge in [-0.25, -0.2) is 0 Å². The minimum atomic E-state index is -4.61. The number of hydrogen-bond donors (Lipinski definition) is 3. The van der Waals surface area contributed by atoms with Crippen LogP contribution in [0.5, 0.6) is 0 Å². The Morgan fingerprint density at radius 2 is 2.00 bits per heavy atom. The van der Waals surface area contributed by atoms with Crippen LogP contribution in [-0.4, -0.2) is 5.84 Å². The third-order valence-electron chi connectivity index (χ3n) is 1.33. The average molecular weight is 193 g/mol. The van der Waals surface area contributed by atoms with Gasteiger partial charge in [-0.2, -0.15) is 13.2 Å². The second-order valence-corrected chi connectivity index (χ2v) is 2.30. The Morgan fingerprint density at radius 3 is 2.23 bits per heavy atom. The van der Waals surface area contributed by atoms with Crippen LogP contribution < -0.4 is 11.5 Å². The summed E-state index contributed by atoms with van der Waals surface area (Å²) in [6.45, 7) is 0. The fraction of sp³-hybridized carbons (Fsp3) is 0.167. The Kier molecular flexibility index (Phi) is 1.94. The first-order valence-corrected chi connectivity index (χ1v) is 3.13. The Labute approximate surface area is 70.8 Å². The number of halogens is 3. The van der Waals surface area contributed by atoms with Gasteiger partial charge in [-0.1, -0.05) is 0 Å². The van der Waals surface area contributed by atoms with Crippen molar-refractivity contribution in [2.24, 2.45) is 5.73 Å². The summed E-state index contributed by atoms with van der Waals surface area (Å²) in [7, 11) is 0. The van der Waals surface area contributed by atoms with E-state index in [0.29, 0.717) is 6.07 Å². The topological polar surface area (TPSA) is 89.0 Å². The third kappa shape index (κ3) is 1.74. The summed E-state index contributed by atoms with van der Waals surface area (Å²) in [5, 5.41) is 6.86. The van der Waals surface area contributed by atoms with E-state index in [2.05, 4.69) is 4.42 Å². The summed E-state index contributed by atoms with van der Waals surface area (Å²) in [5.41, 5.74) is 9.76. The highest BCUT2D eigenvalue weighted by Gasteiger charge is 2.36. The Morgan fingerprint density at radius 1 is 1.46 bits per heavy atom. The predicted octanol–water partition coefficient (Wildman–Crippen LogP) is 1.16. The summed E-state index contributed by atoms with van der Waals surface area (Å²) in [4.78, 5) is 0. The lowest BCUT2D eigenvalue weighted by atomic mass is 10.2. The zero-order valence-corrected chi connectivity index (χ0v) is 6.27. The predicted molar refractivity (Wildman–Crippen MR) is 39.1 cm³/mol. The second-order valence-electron chi connectivity index (χ2n) is 2.30. The molecule has 0 spiro atoms. The number of hydrogen-bond acceptors (Lipinski definition) is 3. The van der Waals surface area contributed by atoms with Crippen molar-refractivity contribution >= 4 is 11.7 Å². The van der Waals surface area contributed by atoms with E-state index >= 15 is 0 Å². The molecule has 7 heteroatoms. The maximum Gasteiger partial charge on any atom is 0.449 e. The fourth-order valence-electron chi connectivity index (χ4n) is 0.755. The molecule has 0 fully saturated rings. The number of nitrogens with one attached hydrogen (secondary N) is 1. The lowest BCUT2D eigenvalue weighted by molar-refractivity contribution is -0.152. The average Bonchev–Trinajstić information content (AvgIpc) is 2.29. The molecule has 72 valence electrons. The van der Waals surface area contributed by atoms with Crippen LogP contribution in [0.4, 0.5) is 19.1 Å². The molecule has 4 nitrogen and oxygen atoms in total. The molecule has 0 aliphatic heterocycles. The lowest BCUT2D eigenvalue weighted by Gasteiger charge is -1.98. The van der Waals surface area contributed by atoms with Crippen LogP contribution in [0.25, 0.3) is 0 Å². The van der Waals surface area contributed by atoms with E-state index in [1.807, 2.05) is 0 Å². The molecule has 1 rings (SSSR count). The van der Waals surface area contributed by atoms with Crippen molar-refractivity contribution in [3.63, 3.8) is 0 Å². The molecule has 1 heterocycles. The summed E-state index contributed by atoms with van der Waals surface area (Å²) in [6, 6.07) is 0.595. The van der Waals surface area contributed by atoms with Crippen molar-refractivity contribution in [3.05, 3.63) is 17.4 Å². The van der Waals surface area contributed by atoms with Crippen LogP contribution in [0.1, 0.15) is 11.3 Å². The van der Waals surface area contributed by atoms with Crippen LogP contribution in [0, 0.1) is 5.41 Å². The zero-order valence-electron chi connectivity index (χ0n) is 6.27. The standard InChI is InChI=1S/C6H6F3N3O/c7-6(8,9)3-1-2(4(10)11)5(12)13-3/h1H,12H2,(H3,10,11). The van der Waals surface area contributed by atoms with Gasteiger partial charge in [0.15, 0.2) is 0 Å². The number of nitrogen functional groups attached to an aromatic ring is 2. The first-order chi connectivity index (χ1) is 5.82. The normalized spacial score (nSPS) is 11.6. The number of furan rings is 1. The smallest absolute Gasteiger partial charge is 0.436 e. The Bertz CT molecular complexity index is 341. The van der Waals surface area contributed by atoms with Gasteiger partial charge in [-0.3, -0.25) is 5.41 Å². The molecule has 0 unspecified atom stereocenters. The molecule has 13 heavy (non-hydrogen) atoms. The van der Waals surface area contributed by atoms with Crippen molar-refractivity contribution < 1.29 is 17.6 Å². The summed E-state index contributed by atoms with van der Waals surface area (Å²) in [6.07, 6.45) is -4.61. The van der Waals surface area contributed by atoms with Crippen LogP contribution in [0.15, 0.2) is 10.5 Å². The van der Waals surface area contributed by atoms with Crippen LogP contribution >= 0.6 is 0 Å². The van der Waals surface area contributed by atoms with Gasteiger partial charge in [0.2, 0.25) is 11.6 Å². The quantitative estimate of drug-likeness (QED) is 0.461. The summed E-state index contributed by atoms with van der Waals surface area (Å²) >= 11 is 0. The first-order valence-electron chi connectivity index (χ1n) is 3.13. The van der Waals surface area contributed by atoms with Crippen LogP contribution in [-0.2, 0) is 6.18 Å². The highest BCUT2D eigenvalue weighted by molar-refractivity contribution is 5.98. The molecular weight excluding hydrogens is 187 g/mol. The van der Waals surface area contributed by atoms with E-state index < -0.39 is 23.7 Å². The lowest BCUT2D eigenvalue weighted by Crippen LogP contribution is -2.11. The van der Waals surface area contributed by atoms with Crippen LogP contribution in [0.3, 0.4) is 0 Å². The zero-order chi connectivity index (χ0) is 10.2. The highest BCUT2D eigenvalue weighted by atomic mass is 19.4. The number of alkyl halides is 3. The molecule has 0 bridgehead atoms. The molecule has 0 amide bonds. The molecule has 0 saturated heterocycles. The van der Waals surface area contributed by atoms with E-state index in [0.717, 1.165) is 0 Å². The van der Waals surface area contributed by atoms with Crippen molar-refractivity contribution in [2.45, 2.75) is 6.18 Å². The maximum absolute atomic E-state index is 12.0. The third-order valence-corrected chi connectivity index (χ3v) is 1.33. The first kappa shape index (κ1) is 9.43. The molecule has 0 atom stereocenters. The van der Waals surface area contributed by atoms with E-state index in [-0.39, 0.29) is 5.56 Å². The maximum atomic E-state index is 12.0. The molecular formula is C6H6F3N3O. The summed E-state index contributed by atoms with van der Waals surface area (Å²) < 4.78 is 40.1. The molecule has 0 saturated carbocycles. The molecule has 5 N–H and O–H groups in total.